The lowest BCUT2D eigenvalue weighted by molar-refractivity contribution is -0.116. The Morgan fingerprint density at radius 3 is 2.58 bits per heavy atom. The molecule has 2 amide bonds. The maximum absolute atomic E-state index is 12.2. The molecule has 0 fully saturated rings. The molecule has 0 bridgehead atoms. The molecule has 3 rings (SSSR count). The summed E-state index contributed by atoms with van der Waals surface area (Å²) in [6.07, 6.45) is 1.13. The van der Waals surface area contributed by atoms with Crippen LogP contribution in [-0.2, 0) is 21.4 Å². The minimum atomic E-state index is -0.0281. The van der Waals surface area contributed by atoms with Crippen molar-refractivity contribution in [2.45, 2.75) is 43.9 Å². The Morgan fingerprint density at radius 1 is 1.15 bits per heavy atom. The predicted octanol–water partition coefficient (Wildman–Crippen LogP) is 4.60. The summed E-state index contributed by atoms with van der Waals surface area (Å²) in [4.78, 5) is 24.8. The van der Waals surface area contributed by atoms with Crippen LogP contribution in [0, 0.1) is 0 Å². The lowest BCUT2D eigenvalue weighted by Gasteiger charge is -2.19. The van der Waals surface area contributed by atoms with Crippen molar-refractivity contribution < 1.29 is 9.59 Å². The zero-order valence-electron chi connectivity index (χ0n) is 15.4. The molecule has 2 aromatic rings. The van der Waals surface area contributed by atoms with Crippen LogP contribution in [0.5, 0.6) is 0 Å². The Morgan fingerprint density at radius 2 is 1.88 bits per heavy atom. The van der Waals surface area contributed by atoms with Crippen molar-refractivity contribution in [2.24, 2.45) is 0 Å². The van der Waals surface area contributed by atoms with Crippen LogP contribution in [0.2, 0.25) is 0 Å². The van der Waals surface area contributed by atoms with Crippen LogP contribution in [0.25, 0.3) is 0 Å². The molecule has 0 saturated heterocycles. The van der Waals surface area contributed by atoms with Crippen LogP contribution in [-0.4, -0.2) is 17.6 Å². The van der Waals surface area contributed by atoms with Gasteiger partial charge in [-0.3, -0.25) is 9.59 Å². The molecule has 26 heavy (non-hydrogen) atoms. The molecule has 4 nitrogen and oxygen atoms in total. The Labute approximate surface area is 158 Å². The van der Waals surface area contributed by atoms with E-state index in [1.54, 1.807) is 0 Å². The molecular formula is C21H24N2O2S. The topological polar surface area (TPSA) is 58.2 Å². The van der Waals surface area contributed by atoms with Crippen LogP contribution < -0.4 is 10.6 Å². The van der Waals surface area contributed by atoms with Crippen molar-refractivity contribution in [3.63, 3.8) is 0 Å². The summed E-state index contributed by atoms with van der Waals surface area (Å²) in [6, 6.07) is 14.1. The molecule has 0 radical (unpaired) electrons. The van der Waals surface area contributed by atoms with E-state index in [1.807, 2.05) is 18.2 Å². The molecule has 0 unspecified atom stereocenters. The number of thioether (sulfide) groups is 1. The van der Waals surface area contributed by atoms with E-state index in [0.29, 0.717) is 24.3 Å². The maximum atomic E-state index is 12.2. The van der Waals surface area contributed by atoms with Crippen LogP contribution in [0.3, 0.4) is 0 Å². The number of nitrogens with one attached hydrogen (secondary N) is 2. The SMILES string of the molecule is CC(C)(C)c1ccc(CCC(=O)Nc2ccc3c(c2)NC(=O)CS3)cc1. The number of rotatable bonds is 4. The van der Waals surface area contributed by atoms with E-state index in [2.05, 4.69) is 55.7 Å². The third kappa shape index (κ3) is 4.67. The van der Waals surface area contributed by atoms with Gasteiger partial charge in [0.05, 0.1) is 11.4 Å². The molecule has 1 aliphatic heterocycles. The zero-order chi connectivity index (χ0) is 18.7. The van der Waals surface area contributed by atoms with Gasteiger partial charge >= 0.3 is 0 Å². The van der Waals surface area contributed by atoms with Crippen molar-refractivity contribution in [3.8, 4) is 0 Å². The summed E-state index contributed by atoms with van der Waals surface area (Å²) in [5, 5.41) is 5.75. The first-order chi connectivity index (χ1) is 12.3. The normalized spacial score (nSPS) is 13.7. The molecule has 0 atom stereocenters. The first-order valence-corrected chi connectivity index (χ1v) is 9.76. The Hall–Kier alpha value is -2.27. The molecular weight excluding hydrogens is 344 g/mol. The fourth-order valence-electron chi connectivity index (χ4n) is 2.81. The molecule has 0 aromatic heterocycles. The monoisotopic (exact) mass is 368 g/mol. The summed E-state index contributed by atoms with van der Waals surface area (Å²) in [7, 11) is 0. The molecule has 2 aromatic carbocycles. The standard InChI is InChI=1S/C21H24N2O2S/c1-21(2,3)15-7-4-14(5-8-15)6-11-19(24)22-16-9-10-18-17(12-16)23-20(25)13-26-18/h4-5,7-10,12H,6,11,13H2,1-3H3,(H,22,24)(H,23,25). The Bertz CT molecular complexity index is 823. The van der Waals surface area contributed by atoms with Gasteiger partial charge in [-0.15, -0.1) is 11.8 Å². The number of hydrogen-bond donors (Lipinski definition) is 2. The van der Waals surface area contributed by atoms with Gasteiger partial charge in [0.2, 0.25) is 11.8 Å². The molecule has 5 heteroatoms. The van der Waals surface area contributed by atoms with E-state index in [1.165, 1.54) is 17.3 Å². The Balaban J connectivity index is 1.56. The third-order valence-electron chi connectivity index (χ3n) is 4.36. The second kappa shape index (κ2) is 7.54. The minimum absolute atomic E-state index is 0.00956. The average molecular weight is 369 g/mol. The van der Waals surface area contributed by atoms with Crippen molar-refractivity contribution in [2.75, 3.05) is 16.4 Å². The molecule has 1 aliphatic rings. The number of anilines is 2. The van der Waals surface area contributed by atoms with E-state index in [4.69, 9.17) is 0 Å². The second-order valence-electron chi connectivity index (χ2n) is 7.54. The van der Waals surface area contributed by atoms with Gasteiger partial charge in [0.25, 0.3) is 0 Å². The van der Waals surface area contributed by atoms with Gasteiger partial charge in [-0.05, 0) is 41.2 Å². The second-order valence-corrected chi connectivity index (χ2v) is 8.56. The number of carbonyl (C=O) groups is 2. The van der Waals surface area contributed by atoms with E-state index in [-0.39, 0.29) is 17.2 Å². The highest BCUT2D eigenvalue weighted by atomic mass is 32.2. The van der Waals surface area contributed by atoms with Crippen molar-refractivity contribution in [1.82, 2.24) is 0 Å². The molecule has 0 spiro atoms. The molecule has 0 aliphatic carbocycles. The van der Waals surface area contributed by atoms with Crippen molar-refractivity contribution in [3.05, 3.63) is 53.6 Å². The van der Waals surface area contributed by atoms with Crippen molar-refractivity contribution in [1.29, 1.82) is 0 Å². The molecule has 0 saturated carbocycles. The Kier molecular flexibility index (Phi) is 5.37. The van der Waals surface area contributed by atoms with Gasteiger partial charge < -0.3 is 10.6 Å². The average Bonchev–Trinajstić information content (AvgIpc) is 2.59. The first-order valence-electron chi connectivity index (χ1n) is 8.77. The number of fused-ring (bicyclic) bond motifs is 1. The molecule has 2 N–H and O–H groups in total. The highest BCUT2D eigenvalue weighted by molar-refractivity contribution is 8.00. The lowest BCUT2D eigenvalue weighted by atomic mass is 9.86. The minimum Gasteiger partial charge on any atom is -0.326 e. The van der Waals surface area contributed by atoms with Gasteiger partial charge in [0.15, 0.2) is 0 Å². The lowest BCUT2D eigenvalue weighted by Crippen LogP contribution is -2.19. The summed E-state index contributed by atoms with van der Waals surface area (Å²) in [6.45, 7) is 6.57. The van der Waals surface area contributed by atoms with E-state index >= 15 is 0 Å². The van der Waals surface area contributed by atoms with Crippen molar-refractivity contribution >= 4 is 35.0 Å². The number of hydrogen-bond acceptors (Lipinski definition) is 3. The van der Waals surface area contributed by atoms with Crippen LogP contribution in [0.4, 0.5) is 11.4 Å². The maximum Gasteiger partial charge on any atom is 0.234 e. The largest absolute Gasteiger partial charge is 0.326 e. The quantitative estimate of drug-likeness (QED) is 0.829. The van der Waals surface area contributed by atoms with Gasteiger partial charge in [0.1, 0.15) is 0 Å². The first kappa shape index (κ1) is 18.5. The highest BCUT2D eigenvalue weighted by Crippen LogP contribution is 2.33. The summed E-state index contributed by atoms with van der Waals surface area (Å²) in [5.74, 6) is 0.400. The van der Waals surface area contributed by atoms with Gasteiger partial charge in [-0.1, -0.05) is 45.0 Å². The van der Waals surface area contributed by atoms with E-state index < -0.39 is 0 Å². The smallest absolute Gasteiger partial charge is 0.234 e. The molecule has 136 valence electrons. The number of benzene rings is 2. The van der Waals surface area contributed by atoms with E-state index in [9.17, 15) is 9.59 Å². The number of aryl methyl sites for hydroxylation is 1. The highest BCUT2D eigenvalue weighted by Gasteiger charge is 2.16. The van der Waals surface area contributed by atoms with Crippen LogP contribution in [0.1, 0.15) is 38.3 Å². The van der Waals surface area contributed by atoms with Crippen LogP contribution >= 0.6 is 11.8 Å². The van der Waals surface area contributed by atoms with Gasteiger partial charge in [0, 0.05) is 17.0 Å². The summed E-state index contributed by atoms with van der Waals surface area (Å²) >= 11 is 1.51. The fourth-order valence-corrected chi connectivity index (χ4v) is 3.60. The number of amides is 2. The third-order valence-corrected chi connectivity index (χ3v) is 5.43. The number of carbonyl (C=O) groups excluding carboxylic acids is 2. The fraction of sp³-hybridized carbons (Fsp3) is 0.333. The predicted molar refractivity (Wildman–Crippen MR) is 108 cm³/mol. The van der Waals surface area contributed by atoms with Gasteiger partial charge in [-0.2, -0.15) is 0 Å². The molecule has 1 heterocycles. The summed E-state index contributed by atoms with van der Waals surface area (Å²) < 4.78 is 0. The summed E-state index contributed by atoms with van der Waals surface area (Å²) in [5.41, 5.74) is 4.05. The van der Waals surface area contributed by atoms with Crippen LogP contribution in [0.15, 0.2) is 47.4 Å². The zero-order valence-corrected chi connectivity index (χ0v) is 16.2. The van der Waals surface area contributed by atoms with E-state index in [0.717, 1.165) is 16.1 Å². The van der Waals surface area contributed by atoms with Gasteiger partial charge in [-0.25, -0.2) is 0 Å².